The van der Waals surface area contributed by atoms with Gasteiger partial charge < -0.3 is 5.11 Å². The minimum Gasteiger partial charge on any atom is -0.389 e. The molecule has 2 unspecified atom stereocenters. The molecule has 0 aromatic heterocycles. The SMILES string of the molecule is CC(C)CCC1(O)CCCCC1c1ccccc1. The molecule has 0 spiro atoms. The van der Waals surface area contributed by atoms with Crippen molar-refractivity contribution in [3.05, 3.63) is 35.9 Å². The van der Waals surface area contributed by atoms with E-state index in [2.05, 4.69) is 44.2 Å². The number of hydrogen-bond acceptors (Lipinski definition) is 1. The summed E-state index contributed by atoms with van der Waals surface area (Å²) in [5, 5.41) is 11.0. The van der Waals surface area contributed by atoms with Gasteiger partial charge in [-0.15, -0.1) is 0 Å². The zero-order valence-corrected chi connectivity index (χ0v) is 11.7. The molecule has 0 saturated heterocycles. The second-order valence-corrected chi connectivity index (χ2v) is 6.25. The Bertz CT molecular complexity index is 357. The first kappa shape index (κ1) is 13.6. The highest BCUT2D eigenvalue weighted by Gasteiger charge is 2.39. The molecule has 0 amide bonds. The van der Waals surface area contributed by atoms with Crippen LogP contribution in [0.3, 0.4) is 0 Å². The quantitative estimate of drug-likeness (QED) is 0.828. The van der Waals surface area contributed by atoms with E-state index in [0.717, 1.165) is 25.7 Å². The minimum atomic E-state index is -0.468. The normalized spacial score (nSPS) is 28.6. The van der Waals surface area contributed by atoms with Gasteiger partial charge in [-0.05, 0) is 37.2 Å². The highest BCUT2D eigenvalue weighted by molar-refractivity contribution is 5.23. The summed E-state index contributed by atoms with van der Waals surface area (Å²) in [7, 11) is 0. The molecule has 18 heavy (non-hydrogen) atoms. The maximum Gasteiger partial charge on any atom is 0.0716 e. The molecule has 1 fully saturated rings. The third kappa shape index (κ3) is 3.14. The van der Waals surface area contributed by atoms with Crippen molar-refractivity contribution < 1.29 is 5.11 Å². The Labute approximate surface area is 111 Å². The Morgan fingerprint density at radius 2 is 1.94 bits per heavy atom. The molecular formula is C17H26O. The Morgan fingerprint density at radius 3 is 2.61 bits per heavy atom. The number of rotatable bonds is 4. The largest absolute Gasteiger partial charge is 0.389 e. The van der Waals surface area contributed by atoms with Crippen molar-refractivity contribution in [1.82, 2.24) is 0 Å². The lowest BCUT2D eigenvalue weighted by atomic mass is 9.69. The molecule has 1 aromatic carbocycles. The number of benzene rings is 1. The highest BCUT2D eigenvalue weighted by Crippen LogP contribution is 2.43. The molecular weight excluding hydrogens is 220 g/mol. The van der Waals surface area contributed by atoms with Crippen molar-refractivity contribution in [1.29, 1.82) is 0 Å². The smallest absolute Gasteiger partial charge is 0.0716 e. The van der Waals surface area contributed by atoms with Crippen LogP contribution in [-0.4, -0.2) is 10.7 Å². The van der Waals surface area contributed by atoms with E-state index < -0.39 is 5.60 Å². The van der Waals surface area contributed by atoms with Gasteiger partial charge in [0.05, 0.1) is 5.60 Å². The lowest BCUT2D eigenvalue weighted by Crippen LogP contribution is -2.39. The highest BCUT2D eigenvalue weighted by atomic mass is 16.3. The van der Waals surface area contributed by atoms with Crippen LogP contribution >= 0.6 is 0 Å². The summed E-state index contributed by atoms with van der Waals surface area (Å²) < 4.78 is 0. The van der Waals surface area contributed by atoms with Crippen molar-refractivity contribution in [2.45, 2.75) is 63.9 Å². The summed E-state index contributed by atoms with van der Waals surface area (Å²) in [5.41, 5.74) is 0.854. The van der Waals surface area contributed by atoms with E-state index in [0.29, 0.717) is 11.8 Å². The van der Waals surface area contributed by atoms with Crippen molar-refractivity contribution in [2.75, 3.05) is 0 Å². The summed E-state index contributed by atoms with van der Waals surface area (Å²) in [4.78, 5) is 0. The lowest BCUT2D eigenvalue weighted by Gasteiger charge is -2.41. The number of aliphatic hydroxyl groups is 1. The van der Waals surface area contributed by atoms with Crippen LogP contribution in [0.25, 0.3) is 0 Å². The van der Waals surface area contributed by atoms with E-state index in [1.54, 1.807) is 0 Å². The van der Waals surface area contributed by atoms with Gasteiger partial charge in [-0.2, -0.15) is 0 Å². The fourth-order valence-corrected chi connectivity index (χ4v) is 3.22. The molecule has 0 heterocycles. The van der Waals surface area contributed by atoms with Crippen molar-refractivity contribution in [3.8, 4) is 0 Å². The molecule has 1 nitrogen and oxygen atoms in total. The molecule has 2 rings (SSSR count). The second-order valence-electron chi connectivity index (χ2n) is 6.25. The van der Waals surface area contributed by atoms with Crippen LogP contribution in [0.5, 0.6) is 0 Å². The van der Waals surface area contributed by atoms with E-state index in [1.165, 1.54) is 18.4 Å². The van der Waals surface area contributed by atoms with Gasteiger partial charge in [0.25, 0.3) is 0 Å². The molecule has 100 valence electrons. The Kier molecular flexibility index (Phi) is 4.45. The Balaban J connectivity index is 2.15. The first-order valence-corrected chi connectivity index (χ1v) is 7.39. The van der Waals surface area contributed by atoms with E-state index in [9.17, 15) is 5.11 Å². The van der Waals surface area contributed by atoms with Crippen molar-refractivity contribution in [3.63, 3.8) is 0 Å². The van der Waals surface area contributed by atoms with Crippen LogP contribution in [0, 0.1) is 5.92 Å². The van der Waals surface area contributed by atoms with E-state index >= 15 is 0 Å². The minimum absolute atomic E-state index is 0.339. The topological polar surface area (TPSA) is 20.2 Å². The van der Waals surface area contributed by atoms with E-state index in [4.69, 9.17) is 0 Å². The standard InChI is InChI=1S/C17H26O/c1-14(2)11-13-17(18)12-7-6-10-16(17)15-8-4-3-5-9-15/h3-5,8-9,14,16,18H,6-7,10-13H2,1-2H3. The third-order valence-electron chi connectivity index (χ3n) is 4.36. The monoisotopic (exact) mass is 246 g/mol. The summed E-state index contributed by atoms with van der Waals surface area (Å²) in [5.74, 6) is 1.01. The van der Waals surface area contributed by atoms with Gasteiger partial charge in [0, 0.05) is 5.92 Å². The van der Waals surface area contributed by atoms with Crippen molar-refractivity contribution in [2.24, 2.45) is 5.92 Å². The molecule has 0 radical (unpaired) electrons. The molecule has 2 atom stereocenters. The van der Waals surface area contributed by atoms with Crippen LogP contribution in [-0.2, 0) is 0 Å². The maximum absolute atomic E-state index is 11.0. The van der Waals surface area contributed by atoms with Crippen LogP contribution in [0.4, 0.5) is 0 Å². The number of hydrogen-bond donors (Lipinski definition) is 1. The van der Waals surface area contributed by atoms with Gasteiger partial charge in [0.15, 0.2) is 0 Å². The van der Waals surface area contributed by atoms with Gasteiger partial charge in [-0.1, -0.05) is 57.0 Å². The lowest BCUT2D eigenvalue weighted by molar-refractivity contribution is -0.0283. The molecule has 1 N–H and O–H groups in total. The third-order valence-corrected chi connectivity index (χ3v) is 4.36. The zero-order chi connectivity index (χ0) is 13.0. The fraction of sp³-hybridized carbons (Fsp3) is 0.647. The average molecular weight is 246 g/mol. The van der Waals surface area contributed by atoms with Gasteiger partial charge >= 0.3 is 0 Å². The second kappa shape index (κ2) is 5.88. The Morgan fingerprint density at radius 1 is 1.22 bits per heavy atom. The van der Waals surface area contributed by atoms with Gasteiger partial charge in [0.1, 0.15) is 0 Å². The summed E-state index contributed by atoms with van der Waals surface area (Å²) >= 11 is 0. The maximum atomic E-state index is 11.0. The van der Waals surface area contributed by atoms with E-state index in [-0.39, 0.29) is 0 Å². The first-order chi connectivity index (χ1) is 8.62. The van der Waals surface area contributed by atoms with Gasteiger partial charge in [0.2, 0.25) is 0 Å². The predicted molar refractivity (Wildman–Crippen MR) is 76.7 cm³/mol. The van der Waals surface area contributed by atoms with Gasteiger partial charge in [-0.25, -0.2) is 0 Å². The molecule has 1 aliphatic carbocycles. The van der Waals surface area contributed by atoms with Crippen LogP contribution < -0.4 is 0 Å². The van der Waals surface area contributed by atoms with Crippen molar-refractivity contribution >= 4 is 0 Å². The summed E-state index contributed by atoms with van der Waals surface area (Å²) in [6.07, 6.45) is 6.61. The summed E-state index contributed by atoms with van der Waals surface area (Å²) in [6.45, 7) is 4.48. The van der Waals surface area contributed by atoms with Crippen LogP contribution in [0.15, 0.2) is 30.3 Å². The predicted octanol–water partition coefficient (Wildman–Crippen LogP) is 4.51. The van der Waals surface area contributed by atoms with Crippen LogP contribution in [0.1, 0.15) is 63.9 Å². The van der Waals surface area contributed by atoms with E-state index in [1.807, 2.05) is 0 Å². The molecule has 1 aromatic rings. The molecule has 0 aliphatic heterocycles. The average Bonchev–Trinajstić information content (AvgIpc) is 2.38. The van der Waals surface area contributed by atoms with Gasteiger partial charge in [-0.3, -0.25) is 0 Å². The fourth-order valence-electron chi connectivity index (χ4n) is 3.22. The zero-order valence-electron chi connectivity index (χ0n) is 11.7. The molecule has 0 bridgehead atoms. The molecule has 1 heteroatoms. The molecule has 1 saturated carbocycles. The summed E-state index contributed by atoms with van der Waals surface area (Å²) in [6, 6.07) is 10.6. The molecule has 1 aliphatic rings. The first-order valence-electron chi connectivity index (χ1n) is 7.39. The van der Waals surface area contributed by atoms with Crippen LogP contribution in [0.2, 0.25) is 0 Å². The Hall–Kier alpha value is -0.820.